The Balaban J connectivity index is 1.59. The average Bonchev–Trinajstić information content (AvgIpc) is 3.45. The van der Waals surface area contributed by atoms with E-state index < -0.39 is 7.14 Å². The third-order valence-electron chi connectivity index (χ3n) is 6.05. The third-order valence-corrected chi connectivity index (χ3v) is 7.59. The Morgan fingerprint density at radius 2 is 1.64 bits per heavy atom. The molecule has 2 aromatic carbocycles. The van der Waals surface area contributed by atoms with Crippen LogP contribution in [-0.4, -0.2) is 42.4 Å². The minimum Gasteiger partial charge on any atom is -0.338 e. The maximum atomic E-state index is 12.4. The summed E-state index contributed by atoms with van der Waals surface area (Å²) in [7, 11) is -2.33. The van der Waals surface area contributed by atoms with Gasteiger partial charge in [-0.05, 0) is 81.1 Å². The maximum absolute atomic E-state index is 12.4. The van der Waals surface area contributed by atoms with Gasteiger partial charge < -0.3 is 9.88 Å². The van der Waals surface area contributed by atoms with Crippen LogP contribution in [0.5, 0.6) is 0 Å². The van der Waals surface area contributed by atoms with Crippen molar-refractivity contribution in [3.63, 3.8) is 0 Å². The lowest BCUT2D eigenvalue weighted by atomic mass is 10.0. The van der Waals surface area contributed by atoms with E-state index in [1.165, 1.54) is 16.7 Å². The first-order valence-corrected chi connectivity index (χ1v) is 14.2. The van der Waals surface area contributed by atoms with Crippen LogP contribution in [0.4, 0.5) is 11.5 Å². The molecule has 0 saturated heterocycles. The number of benzene rings is 2. The van der Waals surface area contributed by atoms with E-state index in [2.05, 4.69) is 53.4 Å². The zero-order chi connectivity index (χ0) is 25.4. The van der Waals surface area contributed by atoms with Gasteiger partial charge in [0, 0.05) is 23.4 Å². The van der Waals surface area contributed by atoms with Gasteiger partial charge in [0.2, 0.25) is 5.95 Å². The molecule has 0 aliphatic carbocycles. The quantitative estimate of drug-likeness (QED) is 0.309. The van der Waals surface area contributed by atoms with E-state index in [4.69, 9.17) is 9.97 Å². The molecular weight excluding hydrogens is 469 g/mol. The summed E-state index contributed by atoms with van der Waals surface area (Å²) in [6, 6.07) is 13.8. The number of imidazole rings is 2. The Bertz CT molecular complexity index is 1620. The number of aromatic nitrogens is 6. The van der Waals surface area contributed by atoms with Crippen LogP contribution in [0.15, 0.2) is 61.3 Å². The summed E-state index contributed by atoms with van der Waals surface area (Å²) >= 11 is 0. The molecule has 3 heterocycles. The first-order chi connectivity index (χ1) is 17.2. The fourth-order valence-corrected chi connectivity index (χ4v) is 4.90. The standard InChI is InChI=1S/C27H28N7OP/c1-18-7-6-8-19(2)23(18)13-14-33-17-29-24-25(30-21-9-11-22(12-10-21)36(4,5)35)31-27(32-26(24)33)34-15-20(3)28-16-34/h6-17H,1-5H3,(H,30,31,32)/b14-13+. The molecule has 0 radical (unpaired) electrons. The molecule has 182 valence electrons. The van der Waals surface area contributed by atoms with Crippen LogP contribution in [-0.2, 0) is 4.57 Å². The minimum atomic E-state index is -2.33. The molecule has 0 amide bonds. The van der Waals surface area contributed by atoms with Crippen molar-refractivity contribution in [2.75, 3.05) is 18.6 Å². The predicted molar refractivity (Wildman–Crippen MR) is 147 cm³/mol. The Labute approximate surface area is 210 Å². The van der Waals surface area contributed by atoms with E-state index in [9.17, 15) is 4.57 Å². The third kappa shape index (κ3) is 4.72. The first-order valence-electron chi connectivity index (χ1n) is 11.6. The van der Waals surface area contributed by atoms with Gasteiger partial charge in [-0.1, -0.05) is 18.2 Å². The predicted octanol–water partition coefficient (Wildman–Crippen LogP) is 5.56. The zero-order valence-electron chi connectivity index (χ0n) is 21.0. The molecule has 9 heteroatoms. The molecule has 0 fully saturated rings. The van der Waals surface area contributed by atoms with E-state index >= 15 is 0 Å². The second-order valence-corrected chi connectivity index (χ2v) is 12.5. The lowest BCUT2D eigenvalue weighted by molar-refractivity contribution is 0.588. The monoisotopic (exact) mass is 497 g/mol. The van der Waals surface area contributed by atoms with Crippen LogP contribution in [0.3, 0.4) is 0 Å². The van der Waals surface area contributed by atoms with Crippen LogP contribution >= 0.6 is 7.14 Å². The SMILES string of the molecule is Cc1cn(-c2nc(Nc3ccc(P(C)(C)=O)cc3)c3ncn(/C=C/c4c(C)cccc4C)c3n2)cn1. The Morgan fingerprint density at radius 3 is 2.28 bits per heavy atom. The Morgan fingerprint density at radius 1 is 0.917 bits per heavy atom. The molecule has 0 aliphatic heterocycles. The second-order valence-electron chi connectivity index (χ2n) is 9.26. The largest absolute Gasteiger partial charge is 0.338 e. The van der Waals surface area contributed by atoms with Crippen LogP contribution in [0.25, 0.3) is 29.4 Å². The number of fused-ring (bicyclic) bond motifs is 1. The van der Waals surface area contributed by atoms with Crippen LogP contribution < -0.4 is 10.6 Å². The van der Waals surface area contributed by atoms with Gasteiger partial charge in [0.15, 0.2) is 17.0 Å². The highest BCUT2D eigenvalue weighted by Crippen LogP contribution is 2.35. The van der Waals surface area contributed by atoms with E-state index in [-0.39, 0.29) is 0 Å². The molecule has 0 spiro atoms. The number of hydrogen-bond donors (Lipinski definition) is 1. The highest BCUT2D eigenvalue weighted by Gasteiger charge is 2.16. The van der Waals surface area contributed by atoms with Gasteiger partial charge in [0.1, 0.15) is 19.8 Å². The summed E-state index contributed by atoms with van der Waals surface area (Å²) in [5, 5.41) is 4.20. The van der Waals surface area contributed by atoms with Crippen molar-refractivity contribution in [1.29, 1.82) is 0 Å². The van der Waals surface area contributed by atoms with Crippen molar-refractivity contribution in [1.82, 2.24) is 29.1 Å². The number of hydrogen-bond acceptors (Lipinski definition) is 6. The number of nitrogens with zero attached hydrogens (tertiary/aromatic N) is 6. The summed E-state index contributed by atoms with van der Waals surface area (Å²) in [6.45, 7) is 9.66. The van der Waals surface area contributed by atoms with Gasteiger partial charge in [0.25, 0.3) is 0 Å². The molecule has 5 rings (SSSR count). The molecular formula is C27H28N7OP. The topological polar surface area (TPSA) is 90.5 Å². The minimum absolute atomic E-state index is 0.482. The summed E-state index contributed by atoms with van der Waals surface area (Å²) in [5.74, 6) is 1.06. The molecule has 0 bridgehead atoms. The van der Waals surface area contributed by atoms with Crippen LogP contribution in [0.2, 0.25) is 0 Å². The average molecular weight is 498 g/mol. The Kier molecular flexibility index (Phi) is 6.06. The molecule has 3 aromatic heterocycles. The van der Waals surface area contributed by atoms with Gasteiger partial charge in [0.05, 0.1) is 5.69 Å². The lowest BCUT2D eigenvalue weighted by Crippen LogP contribution is -2.06. The molecule has 5 aromatic rings. The fraction of sp³-hybridized carbons (Fsp3) is 0.185. The maximum Gasteiger partial charge on any atom is 0.239 e. The first kappa shape index (κ1) is 23.7. The van der Waals surface area contributed by atoms with Crippen molar-refractivity contribution < 1.29 is 4.57 Å². The van der Waals surface area contributed by atoms with E-state index in [0.29, 0.717) is 22.9 Å². The van der Waals surface area contributed by atoms with E-state index in [0.717, 1.165) is 16.7 Å². The highest BCUT2D eigenvalue weighted by atomic mass is 31.2. The molecule has 1 N–H and O–H groups in total. The summed E-state index contributed by atoms with van der Waals surface area (Å²) in [4.78, 5) is 18.5. The van der Waals surface area contributed by atoms with E-state index in [1.54, 1.807) is 30.6 Å². The molecule has 36 heavy (non-hydrogen) atoms. The van der Waals surface area contributed by atoms with Crippen molar-refractivity contribution in [2.45, 2.75) is 20.8 Å². The number of rotatable bonds is 6. The summed E-state index contributed by atoms with van der Waals surface area (Å²) in [5.41, 5.74) is 6.57. The lowest BCUT2D eigenvalue weighted by Gasteiger charge is -2.11. The van der Waals surface area contributed by atoms with Crippen molar-refractivity contribution in [2.24, 2.45) is 0 Å². The van der Waals surface area contributed by atoms with Gasteiger partial charge >= 0.3 is 0 Å². The number of aryl methyl sites for hydroxylation is 3. The summed E-state index contributed by atoms with van der Waals surface area (Å²) in [6.07, 6.45) is 9.37. The van der Waals surface area contributed by atoms with E-state index in [1.807, 2.05) is 48.2 Å². The van der Waals surface area contributed by atoms with Gasteiger partial charge in [-0.3, -0.25) is 9.13 Å². The zero-order valence-corrected chi connectivity index (χ0v) is 21.9. The number of nitrogens with one attached hydrogen (secondary N) is 1. The summed E-state index contributed by atoms with van der Waals surface area (Å²) < 4.78 is 16.1. The molecule has 0 aliphatic rings. The highest BCUT2D eigenvalue weighted by molar-refractivity contribution is 7.70. The number of anilines is 2. The van der Waals surface area contributed by atoms with Crippen molar-refractivity contribution in [3.05, 3.63) is 83.7 Å². The smallest absolute Gasteiger partial charge is 0.239 e. The van der Waals surface area contributed by atoms with Gasteiger partial charge in [-0.2, -0.15) is 9.97 Å². The molecule has 0 atom stereocenters. The fourth-order valence-electron chi connectivity index (χ4n) is 4.03. The van der Waals surface area contributed by atoms with Crippen molar-refractivity contribution >= 4 is 47.4 Å². The van der Waals surface area contributed by atoms with Gasteiger partial charge in [-0.15, -0.1) is 0 Å². The normalized spacial score (nSPS) is 12.0. The van der Waals surface area contributed by atoms with Crippen LogP contribution in [0, 0.1) is 20.8 Å². The van der Waals surface area contributed by atoms with Gasteiger partial charge in [-0.25, -0.2) is 9.97 Å². The van der Waals surface area contributed by atoms with Crippen LogP contribution in [0.1, 0.15) is 22.4 Å². The second kappa shape index (κ2) is 9.21. The molecule has 8 nitrogen and oxygen atoms in total. The molecule has 0 saturated carbocycles. The molecule has 0 unspecified atom stereocenters. The Hall–Kier alpha value is -4.03. The van der Waals surface area contributed by atoms with Crippen molar-refractivity contribution in [3.8, 4) is 5.95 Å².